The van der Waals surface area contributed by atoms with Crippen molar-refractivity contribution in [2.45, 2.75) is 19.1 Å². The number of hydrogen-bond donors (Lipinski definition) is 4. The summed E-state index contributed by atoms with van der Waals surface area (Å²) in [5.41, 5.74) is -0.359. The highest BCUT2D eigenvalue weighted by Crippen LogP contribution is 2.41. The van der Waals surface area contributed by atoms with Gasteiger partial charge in [-0.15, -0.1) is 0 Å². The molecule has 1 atom stereocenters. The summed E-state index contributed by atoms with van der Waals surface area (Å²) in [6.45, 7) is 1.49. The molecule has 3 rings (SSSR count). The lowest BCUT2D eigenvalue weighted by Gasteiger charge is -2.29. The Morgan fingerprint density at radius 1 is 1.26 bits per heavy atom. The van der Waals surface area contributed by atoms with E-state index in [1.807, 2.05) is 0 Å². The number of hydrogen-bond acceptors (Lipinski definition) is 4. The smallest absolute Gasteiger partial charge is 0.416 e. The summed E-state index contributed by atoms with van der Waals surface area (Å²) < 4.78 is 44.2. The standard InChI is InChI=1S/C20H17BrF3N3O4/c1-9-14(18(29)26-11-5-3-4-10(8-11)20(22,23)24)16(27-19(30)25-9)12-6-7-13(31-2)17(28)15(12)21/h3-8,16,28H,1-2H3,(H,26,29)(H2,25,27,30). The van der Waals surface area contributed by atoms with Crippen molar-refractivity contribution in [1.82, 2.24) is 10.6 Å². The Morgan fingerprint density at radius 2 is 1.97 bits per heavy atom. The van der Waals surface area contributed by atoms with Gasteiger partial charge in [-0.3, -0.25) is 4.79 Å². The second-order valence-corrected chi connectivity index (χ2v) is 7.42. The number of carbonyl (C=O) groups excluding carboxylic acids is 2. The first-order valence-electron chi connectivity index (χ1n) is 8.85. The third-order valence-electron chi connectivity index (χ3n) is 4.60. The molecule has 1 aliphatic heterocycles. The number of methoxy groups -OCH3 is 1. The molecule has 0 radical (unpaired) electrons. The number of benzene rings is 2. The minimum absolute atomic E-state index is 0.0577. The molecule has 0 spiro atoms. The van der Waals surface area contributed by atoms with Crippen molar-refractivity contribution >= 4 is 33.6 Å². The maximum absolute atomic E-state index is 13.0. The maximum atomic E-state index is 13.0. The molecule has 1 aliphatic rings. The Hall–Kier alpha value is -3.21. The summed E-state index contributed by atoms with van der Waals surface area (Å²) in [5.74, 6) is -0.786. The summed E-state index contributed by atoms with van der Waals surface area (Å²) in [6.07, 6.45) is -4.57. The number of nitrogens with one attached hydrogen (secondary N) is 3. The Labute approximate surface area is 183 Å². The predicted octanol–water partition coefficient (Wildman–Crippen LogP) is 4.45. The fourth-order valence-electron chi connectivity index (χ4n) is 3.15. The van der Waals surface area contributed by atoms with E-state index in [-0.39, 0.29) is 32.9 Å². The number of ether oxygens (including phenoxy) is 1. The molecule has 164 valence electrons. The first kappa shape index (κ1) is 22.5. The molecule has 0 aromatic heterocycles. The Balaban J connectivity index is 2.00. The third kappa shape index (κ3) is 4.61. The first-order valence-corrected chi connectivity index (χ1v) is 9.64. The van der Waals surface area contributed by atoms with E-state index in [4.69, 9.17) is 4.74 Å². The van der Waals surface area contributed by atoms with Crippen LogP contribution < -0.4 is 20.7 Å². The minimum Gasteiger partial charge on any atom is -0.503 e. The van der Waals surface area contributed by atoms with Crippen molar-refractivity contribution in [2.24, 2.45) is 0 Å². The number of urea groups is 1. The van der Waals surface area contributed by atoms with E-state index in [1.165, 1.54) is 32.2 Å². The van der Waals surface area contributed by atoms with Crippen molar-refractivity contribution in [2.75, 3.05) is 12.4 Å². The van der Waals surface area contributed by atoms with Crippen LogP contribution in [0.25, 0.3) is 0 Å². The molecule has 3 amide bonds. The number of aromatic hydroxyl groups is 1. The lowest BCUT2D eigenvalue weighted by atomic mass is 9.94. The molecule has 2 aromatic carbocycles. The van der Waals surface area contributed by atoms with Gasteiger partial charge in [-0.2, -0.15) is 13.2 Å². The highest BCUT2D eigenvalue weighted by Gasteiger charge is 2.34. The van der Waals surface area contributed by atoms with E-state index in [9.17, 15) is 27.9 Å². The summed E-state index contributed by atoms with van der Waals surface area (Å²) in [7, 11) is 1.37. The van der Waals surface area contributed by atoms with Gasteiger partial charge in [0.1, 0.15) is 0 Å². The molecule has 31 heavy (non-hydrogen) atoms. The van der Waals surface area contributed by atoms with E-state index in [0.29, 0.717) is 5.56 Å². The lowest BCUT2D eigenvalue weighted by molar-refractivity contribution is -0.137. The number of phenols is 1. The summed E-state index contributed by atoms with van der Waals surface area (Å²) in [6, 6.07) is 5.63. The van der Waals surface area contributed by atoms with E-state index < -0.39 is 29.7 Å². The fourth-order valence-corrected chi connectivity index (χ4v) is 3.71. The highest BCUT2D eigenvalue weighted by molar-refractivity contribution is 9.10. The molecular formula is C20H17BrF3N3O4. The molecule has 2 aromatic rings. The molecule has 0 bridgehead atoms. The quantitative estimate of drug-likeness (QED) is 0.499. The summed E-state index contributed by atoms with van der Waals surface area (Å²) in [5, 5.41) is 17.8. The Kier molecular flexibility index (Phi) is 6.16. The number of alkyl halides is 3. The van der Waals surface area contributed by atoms with Crippen molar-refractivity contribution in [3.05, 3.63) is 63.3 Å². The molecule has 11 heteroatoms. The van der Waals surface area contributed by atoms with Crippen molar-refractivity contribution in [3.63, 3.8) is 0 Å². The van der Waals surface area contributed by atoms with Crippen LogP contribution in [0.1, 0.15) is 24.1 Å². The van der Waals surface area contributed by atoms with Gasteiger partial charge in [0.05, 0.1) is 28.8 Å². The number of rotatable bonds is 4. The van der Waals surface area contributed by atoms with Gasteiger partial charge in [-0.05, 0) is 52.7 Å². The van der Waals surface area contributed by atoms with Crippen LogP contribution in [0.15, 0.2) is 52.1 Å². The highest BCUT2D eigenvalue weighted by atomic mass is 79.9. The van der Waals surface area contributed by atoms with Gasteiger partial charge in [-0.1, -0.05) is 12.1 Å². The number of phenolic OH excluding ortho intramolecular Hbond substituents is 1. The van der Waals surface area contributed by atoms with E-state index in [0.717, 1.165) is 12.1 Å². The average molecular weight is 500 g/mol. The largest absolute Gasteiger partial charge is 0.503 e. The van der Waals surface area contributed by atoms with Gasteiger partial charge in [0.2, 0.25) is 0 Å². The normalized spacial score (nSPS) is 16.5. The van der Waals surface area contributed by atoms with Gasteiger partial charge < -0.3 is 25.8 Å². The average Bonchev–Trinajstić information content (AvgIpc) is 2.69. The number of anilines is 1. The van der Waals surface area contributed by atoms with Crippen molar-refractivity contribution in [3.8, 4) is 11.5 Å². The second-order valence-electron chi connectivity index (χ2n) is 6.62. The van der Waals surface area contributed by atoms with Gasteiger partial charge in [-0.25, -0.2) is 4.79 Å². The molecule has 0 fully saturated rings. The van der Waals surface area contributed by atoms with Crippen LogP contribution in [0.5, 0.6) is 11.5 Å². The Morgan fingerprint density at radius 3 is 2.61 bits per heavy atom. The van der Waals surface area contributed by atoms with Crippen LogP contribution in [0, 0.1) is 0 Å². The lowest BCUT2D eigenvalue weighted by Crippen LogP contribution is -2.46. The molecule has 4 N–H and O–H groups in total. The topological polar surface area (TPSA) is 99.7 Å². The van der Waals surface area contributed by atoms with Gasteiger partial charge >= 0.3 is 12.2 Å². The number of amides is 3. The summed E-state index contributed by atoms with van der Waals surface area (Å²) >= 11 is 3.24. The maximum Gasteiger partial charge on any atom is 0.416 e. The molecule has 1 heterocycles. The zero-order valence-corrected chi connectivity index (χ0v) is 17.8. The number of halogens is 4. The van der Waals surface area contributed by atoms with Crippen LogP contribution in [-0.4, -0.2) is 24.2 Å². The van der Waals surface area contributed by atoms with Crippen LogP contribution in [0.3, 0.4) is 0 Å². The van der Waals surface area contributed by atoms with Crippen LogP contribution in [-0.2, 0) is 11.0 Å². The molecule has 7 nitrogen and oxygen atoms in total. The molecule has 1 unspecified atom stereocenters. The number of allylic oxidation sites excluding steroid dienone is 1. The minimum atomic E-state index is -4.57. The third-order valence-corrected chi connectivity index (χ3v) is 5.43. The van der Waals surface area contributed by atoms with Gasteiger partial charge in [0, 0.05) is 11.4 Å². The van der Waals surface area contributed by atoms with Crippen molar-refractivity contribution in [1.29, 1.82) is 0 Å². The summed E-state index contributed by atoms with van der Waals surface area (Å²) in [4.78, 5) is 25.0. The van der Waals surface area contributed by atoms with Gasteiger partial charge in [0.15, 0.2) is 11.5 Å². The SMILES string of the molecule is COc1ccc(C2NC(=O)NC(C)=C2C(=O)Nc2cccc(C(F)(F)F)c2)c(Br)c1O. The number of carbonyl (C=O) groups is 2. The molecule has 0 saturated heterocycles. The van der Waals surface area contributed by atoms with Crippen molar-refractivity contribution < 1.29 is 32.6 Å². The zero-order valence-electron chi connectivity index (χ0n) is 16.2. The van der Waals surface area contributed by atoms with Crippen LogP contribution in [0.2, 0.25) is 0 Å². The van der Waals surface area contributed by atoms with Crippen LogP contribution >= 0.6 is 15.9 Å². The molecule has 0 saturated carbocycles. The van der Waals surface area contributed by atoms with E-state index >= 15 is 0 Å². The second kappa shape index (κ2) is 8.50. The van der Waals surface area contributed by atoms with E-state index in [2.05, 4.69) is 31.9 Å². The van der Waals surface area contributed by atoms with Gasteiger partial charge in [0.25, 0.3) is 5.91 Å². The van der Waals surface area contributed by atoms with E-state index in [1.54, 1.807) is 6.07 Å². The molecule has 0 aliphatic carbocycles. The first-order chi connectivity index (χ1) is 14.5. The predicted molar refractivity (Wildman–Crippen MR) is 110 cm³/mol. The Bertz CT molecular complexity index is 1090. The molecular weight excluding hydrogens is 483 g/mol. The zero-order chi connectivity index (χ0) is 22.9. The fraction of sp³-hybridized carbons (Fsp3) is 0.200. The van der Waals surface area contributed by atoms with Crippen LogP contribution in [0.4, 0.5) is 23.7 Å². The monoisotopic (exact) mass is 499 g/mol.